The first kappa shape index (κ1) is 12.3. The summed E-state index contributed by atoms with van der Waals surface area (Å²) in [6.07, 6.45) is -4.39. The van der Waals surface area contributed by atoms with E-state index in [-0.39, 0.29) is 18.2 Å². The fraction of sp³-hybridized carbons (Fsp3) is 0.889. The van der Waals surface area contributed by atoms with Crippen LogP contribution in [0.4, 0.5) is 13.2 Å². The molecule has 15 heavy (non-hydrogen) atoms. The van der Waals surface area contributed by atoms with Crippen LogP contribution >= 0.6 is 0 Å². The van der Waals surface area contributed by atoms with E-state index in [1.807, 2.05) is 0 Å². The fourth-order valence-electron chi connectivity index (χ4n) is 1.28. The lowest BCUT2D eigenvalue weighted by atomic mass is 10.0. The Morgan fingerprint density at radius 3 is 2.47 bits per heavy atom. The van der Waals surface area contributed by atoms with Gasteiger partial charge < -0.3 is 10.6 Å². The second-order valence-electron chi connectivity index (χ2n) is 3.72. The molecular weight excluding hydrogens is 209 g/mol. The van der Waals surface area contributed by atoms with Crippen LogP contribution in [0.15, 0.2) is 0 Å². The van der Waals surface area contributed by atoms with Gasteiger partial charge >= 0.3 is 6.18 Å². The summed E-state index contributed by atoms with van der Waals surface area (Å²) in [6, 6.07) is 0. The van der Waals surface area contributed by atoms with Crippen molar-refractivity contribution in [3.63, 3.8) is 0 Å². The average molecular weight is 224 g/mol. The fourth-order valence-corrected chi connectivity index (χ4v) is 1.28. The van der Waals surface area contributed by atoms with Crippen LogP contribution in [0.25, 0.3) is 0 Å². The lowest BCUT2D eigenvalue weighted by Crippen LogP contribution is -2.50. The largest absolute Gasteiger partial charge is 0.389 e. The Balaban J connectivity index is 1.94. The molecule has 0 unspecified atom stereocenters. The summed E-state index contributed by atoms with van der Waals surface area (Å²) in [6.45, 7) is 1.69. The highest BCUT2D eigenvalue weighted by atomic mass is 19.4. The maximum absolute atomic E-state index is 11.7. The Kier molecular flexibility index (Phi) is 4.38. The first-order chi connectivity index (χ1) is 6.99. The maximum atomic E-state index is 11.7. The second kappa shape index (κ2) is 5.34. The monoisotopic (exact) mass is 224 g/mol. The van der Waals surface area contributed by atoms with Crippen LogP contribution < -0.4 is 10.6 Å². The minimum Gasteiger partial charge on any atom is -0.356 e. The van der Waals surface area contributed by atoms with Crippen LogP contribution in [0.3, 0.4) is 0 Å². The number of hydrogen-bond acceptors (Lipinski definition) is 2. The molecule has 0 bridgehead atoms. The Morgan fingerprint density at radius 1 is 1.33 bits per heavy atom. The third-order valence-electron chi connectivity index (χ3n) is 2.34. The van der Waals surface area contributed by atoms with Gasteiger partial charge in [-0.2, -0.15) is 13.2 Å². The maximum Gasteiger partial charge on any atom is 0.389 e. The van der Waals surface area contributed by atoms with Crippen molar-refractivity contribution >= 4 is 5.91 Å². The Morgan fingerprint density at radius 2 is 2.00 bits per heavy atom. The molecular formula is C9H15F3N2O. The summed E-state index contributed by atoms with van der Waals surface area (Å²) in [5, 5.41) is 5.58. The summed E-state index contributed by atoms with van der Waals surface area (Å²) in [4.78, 5) is 11.2. The summed E-state index contributed by atoms with van der Waals surface area (Å²) in [7, 11) is 0. The van der Waals surface area contributed by atoms with E-state index < -0.39 is 12.6 Å². The van der Waals surface area contributed by atoms with Crippen molar-refractivity contribution in [3.05, 3.63) is 0 Å². The second-order valence-corrected chi connectivity index (χ2v) is 3.72. The molecule has 0 aromatic rings. The molecule has 0 saturated carbocycles. The van der Waals surface area contributed by atoms with E-state index in [2.05, 4.69) is 10.6 Å². The Hall–Kier alpha value is -0.780. The zero-order valence-electron chi connectivity index (χ0n) is 8.36. The van der Waals surface area contributed by atoms with Crippen molar-refractivity contribution < 1.29 is 18.0 Å². The molecule has 88 valence electrons. The van der Waals surface area contributed by atoms with E-state index in [1.54, 1.807) is 0 Å². The van der Waals surface area contributed by atoms with Crippen LogP contribution in [0.5, 0.6) is 0 Å². The van der Waals surface area contributed by atoms with Crippen molar-refractivity contribution in [1.29, 1.82) is 0 Å². The van der Waals surface area contributed by atoms with Crippen molar-refractivity contribution in [3.8, 4) is 0 Å². The number of alkyl halides is 3. The van der Waals surface area contributed by atoms with E-state index in [1.165, 1.54) is 0 Å². The van der Waals surface area contributed by atoms with Gasteiger partial charge in [0.15, 0.2) is 0 Å². The predicted octanol–water partition coefficient (Wildman–Crippen LogP) is 1.05. The SMILES string of the molecule is O=C(NCCCCC(F)(F)F)C1CNC1. The lowest BCUT2D eigenvalue weighted by Gasteiger charge is -2.25. The van der Waals surface area contributed by atoms with Gasteiger partial charge in [0.2, 0.25) is 5.91 Å². The molecule has 0 radical (unpaired) electrons. The van der Waals surface area contributed by atoms with Crippen molar-refractivity contribution in [2.24, 2.45) is 5.92 Å². The first-order valence-corrected chi connectivity index (χ1v) is 5.04. The molecule has 3 nitrogen and oxygen atoms in total. The molecule has 1 aliphatic rings. The average Bonchev–Trinajstić information content (AvgIpc) is 1.97. The number of unbranched alkanes of at least 4 members (excludes halogenated alkanes) is 1. The molecule has 0 aromatic carbocycles. The van der Waals surface area contributed by atoms with Crippen LogP contribution in [0.2, 0.25) is 0 Å². The standard InChI is InChI=1S/C9H15F3N2O/c10-9(11,12)3-1-2-4-14-8(15)7-5-13-6-7/h7,13H,1-6H2,(H,14,15). The number of halogens is 3. The molecule has 1 saturated heterocycles. The highest BCUT2D eigenvalue weighted by Gasteiger charge is 2.26. The molecule has 1 amide bonds. The molecule has 0 atom stereocenters. The molecule has 1 rings (SSSR count). The molecule has 0 spiro atoms. The highest BCUT2D eigenvalue weighted by molar-refractivity contribution is 5.79. The minimum absolute atomic E-state index is 0.00705. The van der Waals surface area contributed by atoms with Crippen LogP contribution in [-0.2, 0) is 4.79 Å². The highest BCUT2D eigenvalue weighted by Crippen LogP contribution is 2.21. The number of carbonyl (C=O) groups excluding carboxylic acids is 1. The normalized spacial score (nSPS) is 17.3. The van der Waals surface area contributed by atoms with Gasteiger partial charge in [-0.25, -0.2) is 0 Å². The van der Waals surface area contributed by atoms with E-state index in [4.69, 9.17) is 0 Å². The molecule has 1 heterocycles. The zero-order chi connectivity index (χ0) is 11.3. The summed E-state index contributed by atoms with van der Waals surface area (Å²) >= 11 is 0. The van der Waals surface area contributed by atoms with E-state index in [0.717, 1.165) is 0 Å². The molecule has 0 aromatic heterocycles. The topological polar surface area (TPSA) is 41.1 Å². The van der Waals surface area contributed by atoms with Gasteiger partial charge in [-0.15, -0.1) is 0 Å². The molecule has 6 heteroatoms. The van der Waals surface area contributed by atoms with Gasteiger partial charge in [0.05, 0.1) is 5.92 Å². The number of rotatable bonds is 5. The third-order valence-corrected chi connectivity index (χ3v) is 2.34. The number of hydrogen-bond donors (Lipinski definition) is 2. The van der Waals surface area contributed by atoms with Crippen molar-refractivity contribution in [1.82, 2.24) is 10.6 Å². The van der Waals surface area contributed by atoms with E-state index >= 15 is 0 Å². The minimum atomic E-state index is -4.08. The van der Waals surface area contributed by atoms with Crippen LogP contribution in [-0.4, -0.2) is 31.7 Å². The van der Waals surface area contributed by atoms with Crippen molar-refractivity contribution in [2.75, 3.05) is 19.6 Å². The van der Waals surface area contributed by atoms with Crippen LogP contribution in [0, 0.1) is 5.92 Å². The molecule has 2 N–H and O–H groups in total. The summed E-state index contributed by atoms with van der Waals surface area (Å²) in [5.74, 6) is -0.0478. The van der Waals surface area contributed by atoms with Gasteiger partial charge in [-0.05, 0) is 12.8 Å². The number of amides is 1. The van der Waals surface area contributed by atoms with Gasteiger partial charge in [-0.1, -0.05) is 0 Å². The van der Waals surface area contributed by atoms with E-state index in [9.17, 15) is 18.0 Å². The third kappa shape index (κ3) is 5.01. The number of nitrogens with one attached hydrogen (secondary N) is 2. The van der Waals surface area contributed by atoms with Gasteiger partial charge in [0.1, 0.15) is 0 Å². The van der Waals surface area contributed by atoms with Gasteiger partial charge in [0.25, 0.3) is 0 Å². The quantitative estimate of drug-likeness (QED) is 0.685. The van der Waals surface area contributed by atoms with Crippen molar-refractivity contribution in [2.45, 2.75) is 25.4 Å². The van der Waals surface area contributed by atoms with Gasteiger partial charge in [0, 0.05) is 26.1 Å². The smallest absolute Gasteiger partial charge is 0.356 e. The molecule has 1 fully saturated rings. The summed E-state index contributed by atoms with van der Waals surface area (Å²) < 4.78 is 35.2. The number of carbonyl (C=O) groups is 1. The predicted molar refractivity (Wildman–Crippen MR) is 49.3 cm³/mol. The Bertz CT molecular complexity index is 214. The van der Waals surface area contributed by atoms with Gasteiger partial charge in [-0.3, -0.25) is 4.79 Å². The zero-order valence-corrected chi connectivity index (χ0v) is 8.36. The molecule has 0 aliphatic carbocycles. The molecule has 1 aliphatic heterocycles. The lowest BCUT2D eigenvalue weighted by molar-refractivity contribution is -0.135. The first-order valence-electron chi connectivity index (χ1n) is 5.04. The van der Waals surface area contributed by atoms with E-state index in [0.29, 0.717) is 26.1 Å². The summed E-state index contributed by atoms with van der Waals surface area (Å²) in [5.41, 5.74) is 0. The van der Waals surface area contributed by atoms with Crippen LogP contribution in [0.1, 0.15) is 19.3 Å². The Labute approximate surface area is 86.4 Å².